The minimum atomic E-state index is -0.445. The molecule has 3 nitrogen and oxygen atoms in total. The minimum absolute atomic E-state index is 0.370. The van der Waals surface area contributed by atoms with Crippen molar-refractivity contribution in [3.63, 3.8) is 0 Å². The zero-order valence-electron chi connectivity index (χ0n) is 7.24. The molecule has 14 heavy (non-hydrogen) atoms. The van der Waals surface area contributed by atoms with E-state index in [1.807, 2.05) is 28.7 Å². The van der Waals surface area contributed by atoms with Gasteiger partial charge in [-0.2, -0.15) is 5.26 Å². The number of nitrogens with zero attached hydrogens (tertiary/aromatic N) is 1. The fraction of sp³-hybridized carbons (Fsp3) is 0.111. The number of hydrogen-bond acceptors (Lipinski definition) is 4. The molecule has 5 heteroatoms. The Labute approximate surface area is 101 Å². The van der Waals surface area contributed by atoms with E-state index < -0.39 is 5.97 Å². The Morgan fingerprint density at radius 2 is 2.29 bits per heavy atom. The van der Waals surface area contributed by atoms with Gasteiger partial charge in [-0.05, 0) is 34.7 Å². The van der Waals surface area contributed by atoms with E-state index in [9.17, 15) is 4.79 Å². The second-order valence-electron chi connectivity index (χ2n) is 2.45. The molecule has 0 N–H and O–H groups in total. The van der Waals surface area contributed by atoms with Gasteiger partial charge in [0.25, 0.3) is 0 Å². The topological polar surface area (TPSA) is 50.1 Å². The van der Waals surface area contributed by atoms with Crippen LogP contribution >= 0.6 is 35.2 Å². The maximum Gasteiger partial charge on any atom is 0.338 e. The third-order valence-corrected chi connectivity index (χ3v) is 2.87. The average molecular weight is 319 g/mol. The Morgan fingerprint density at radius 3 is 2.79 bits per heavy atom. The van der Waals surface area contributed by atoms with Crippen LogP contribution in [0.2, 0.25) is 0 Å². The van der Waals surface area contributed by atoms with Crippen LogP contribution in [0.15, 0.2) is 17.0 Å². The van der Waals surface area contributed by atoms with E-state index in [0.717, 1.165) is 3.57 Å². The second kappa shape index (κ2) is 4.66. The van der Waals surface area contributed by atoms with E-state index in [2.05, 4.69) is 17.4 Å². The van der Waals surface area contributed by atoms with Crippen LogP contribution in [0.5, 0.6) is 0 Å². The fourth-order valence-electron chi connectivity index (χ4n) is 0.919. The third-order valence-electron chi connectivity index (χ3n) is 1.61. The second-order valence-corrected chi connectivity index (χ2v) is 4.10. The quantitative estimate of drug-likeness (QED) is 0.491. The number of benzene rings is 1. The van der Waals surface area contributed by atoms with Gasteiger partial charge in [0.15, 0.2) is 0 Å². The SMILES string of the molecule is COC(=O)c1cc(C#N)c(S)cc1I. The Morgan fingerprint density at radius 1 is 1.64 bits per heavy atom. The van der Waals surface area contributed by atoms with E-state index in [4.69, 9.17) is 5.26 Å². The van der Waals surface area contributed by atoms with Crippen LogP contribution in [0.1, 0.15) is 15.9 Å². The van der Waals surface area contributed by atoms with Gasteiger partial charge in [0.05, 0.1) is 18.2 Å². The van der Waals surface area contributed by atoms with Gasteiger partial charge in [-0.1, -0.05) is 0 Å². The van der Waals surface area contributed by atoms with Crippen LogP contribution in [0.25, 0.3) is 0 Å². The molecule has 0 aromatic heterocycles. The van der Waals surface area contributed by atoms with Gasteiger partial charge in [0.2, 0.25) is 0 Å². The first-order valence-electron chi connectivity index (χ1n) is 3.61. The van der Waals surface area contributed by atoms with Gasteiger partial charge in [-0.3, -0.25) is 0 Å². The Balaban J connectivity index is 3.33. The molecule has 0 aliphatic heterocycles. The van der Waals surface area contributed by atoms with Gasteiger partial charge in [-0.15, -0.1) is 12.6 Å². The Hall–Kier alpha value is -0.740. The summed E-state index contributed by atoms with van der Waals surface area (Å²) >= 11 is 6.11. The van der Waals surface area contributed by atoms with E-state index in [0.29, 0.717) is 16.0 Å². The van der Waals surface area contributed by atoms with E-state index in [-0.39, 0.29) is 0 Å². The molecule has 0 aliphatic rings. The number of esters is 1. The summed E-state index contributed by atoms with van der Waals surface area (Å²) in [5.74, 6) is -0.445. The lowest BCUT2D eigenvalue weighted by Gasteiger charge is -2.04. The third kappa shape index (κ3) is 2.19. The number of carbonyl (C=O) groups excluding carboxylic acids is 1. The van der Waals surface area contributed by atoms with Crippen molar-refractivity contribution in [2.75, 3.05) is 7.11 Å². The van der Waals surface area contributed by atoms with Crippen molar-refractivity contribution in [2.24, 2.45) is 0 Å². The number of rotatable bonds is 1. The minimum Gasteiger partial charge on any atom is -0.465 e. The smallest absolute Gasteiger partial charge is 0.338 e. The molecule has 0 aliphatic carbocycles. The number of carbonyl (C=O) groups is 1. The van der Waals surface area contributed by atoms with Gasteiger partial charge >= 0.3 is 5.97 Å². The molecule has 0 spiro atoms. The highest BCUT2D eigenvalue weighted by atomic mass is 127. The maximum atomic E-state index is 11.3. The van der Waals surface area contributed by atoms with Crippen LogP contribution in [0.3, 0.4) is 0 Å². The molecule has 0 amide bonds. The lowest BCUT2D eigenvalue weighted by molar-refractivity contribution is 0.0599. The molecule has 0 fully saturated rings. The lowest BCUT2D eigenvalue weighted by atomic mass is 10.1. The van der Waals surface area contributed by atoms with Crippen molar-refractivity contribution in [3.8, 4) is 6.07 Å². The lowest BCUT2D eigenvalue weighted by Crippen LogP contribution is -2.04. The zero-order chi connectivity index (χ0) is 10.7. The van der Waals surface area contributed by atoms with E-state index >= 15 is 0 Å². The molecule has 0 unspecified atom stereocenters. The van der Waals surface area contributed by atoms with Crippen molar-refractivity contribution in [1.82, 2.24) is 0 Å². The molecule has 0 atom stereocenters. The van der Waals surface area contributed by atoms with Crippen LogP contribution in [0, 0.1) is 14.9 Å². The number of nitriles is 1. The predicted molar refractivity (Wildman–Crippen MR) is 62.5 cm³/mol. The zero-order valence-corrected chi connectivity index (χ0v) is 10.3. The summed E-state index contributed by atoms with van der Waals surface area (Å²) in [4.78, 5) is 11.8. The molecule has 0 saturated heterocycles. The summed E-state index contributed by atoms with van der Waals surface area (Å²) in [6, 6.07) is 5.10. The van der Waals surface area contributed by atoms with Gasteiger partial charge < -0.3 is 4.74 Å². The summed E-state index contributed by atoms with van der Waals surface area (Å²) in [5.41, 5.74) is 0.761. The van der Waals surface area contributed by atoms with Gasteiger partial charge in [0.1, 0.15) is 6.07 Å². The summed E-state index contributed by atoms with van der Waals surface area (Å²) in [6.07, 6.45) is 0. The van der Waals surface area contributed by atoms with Crippen molar-refractivity contribution >= 4 is 41.2 Å². The number of methoxy groups -OCH3 is 1. The molecule has 0 saturated carbocycles. The molecule has 0 bridgehead atoms. The highest BCUT2D eigenvalue weighted by Gasteiger charge is 2.12. The van der Waals surface area contributed by atoms with Crippen LogP contribution in [0.4, 0.5) is 0 Å². The summed E-state index contributed by atoms with van der Waals surface area (Å²) in [7, 11) is 1.30. The van der Waals surface area contributed by atoms with Gasteiger partial charge in [-0.25, -0.2) is 4.79 Å². The molecule has 0 heterocycles. The summed E-state index contributed by atoms with van der Waals surface area (Å²) in [6.45, 7) is 0. The Kier molecular flexibility index (Phi) is 3.77. The first-order chi connectivity index (χ1) is 6.60. The number of hydrogen-bond donors (Lipinski definition) is 1. The highest BCUT2D eigenvalue weighted by Crippen LogP contribution is 2.21. The number of ether oxygens (including phenoxy) is 1. The molecule has 0 radical (unpaired) electrons. The van der Waals surface area contributed by atoms with Crippen molar-refractivity contribution in [2.45, 2.75) is 4.90 Å². The van der Waals surface area contributed by atoms with Crippen LogP contribution < -0.4 is 0 Å². The van der Waals surface area contributed by atoms with Gasteiger partial charge in [0, 0.05) is 8.47 Å². The fourth-order valence-corrected chi connectivity index (χ4v) is 2.10. The highest BCUT2D eigenvalue weighted by molar-refractivity contribution is 14.1. The van der Waals surface area contributed by atoms with E-state index in [1.165, 1.54) is 13.2 Å². The van der Waals surface area contributed by atoms with E-state index in [1.54, 1.807) is 6.07 Å². The monoisotopic (exact) mass is 319 g/mol. The number of thiol groups is 1. The van der Waals surface area contributed by atoms with Crippen molar-refractivity contribution < 1.29 is 9.53 Å². The molecule has 1 aromatic carbocycles. The summed E-state index contributed by atoms with van der Waals surface area (Å²) < 4.78 is 5.30. The molecule has 1 rings (SSSR count). The van der Waals surface area contributed by atoms with Crippen LogP contribution in [-0.4, -0.2) is 13.1 Å². The standard InChI is InChI=1S/C9H6INO2S/c1-13-9(12)6-2-5(4-11)8(14)3-7(6)10/h2-3,14H,1H3. The molecule has 72 valence electrons. The average Bonchev–Trinajstić information content (AvgIpc) is 2.17. The molecular weight excluding hydrogens is 313 g/mol. The normalized spacial score (nSPS) is 9.29. The van der Waals surface area contributed by atoms with Crippen molar-refractivity contribution in [3.05, 3.63) is 26.8 Å². The largest absolute Gasteiger partial charge is 0.465 e. The summed E-state index contributed by atoms with van der Waals surface area (Å²) in [5, 5.41) is 8.73. The Bertz CT molecular complexity index is 426. The first kappa shape index (κ1) is 11.3. The number of halogens is 1. The first-order valence-corrected chi connectivity index (χ1v) is 5.13. The maximum absolute atomic E-state index is 11.3. The van der Waals surface area contributed by atoms with Crippen LogP contribution in [-0.2, 0) is 4.74 Å². The molecule has 1 aromatic rings. The van der Waals surface area contributed by atoms with Crippen molar-refractivity contribution in [1.29, 1.82) is 5.26 Å². The molecular formula is C9H6INO2S. The predicted octanol–water partition coefficient (Wildman–Crippen LogP) is 2.24.